The molecule has 0 radical (unpaired) electrons. The maximum atomic E-state index is 5.24. The van der Waals surface area contributed by atoms with Crippen molar-refractivity contribution in [1.29, 1.82) is 0 Å². The second-order valence-electron chi connectivity index (χ2n) is 2.63. The Labute approximate surface area is 101 Å². The molecule has 58 valence electrons. The van der Waals surface area contributed by atoms with Crippen molar-refractivity contribution in [3.8, 4) is 0 Å². The summed E-state index contributed by atoms with van der Waals surface area (Å²) in [6.45, 7) is 0. The van der Waals surface area contributed by atoms with Gasteiger partial charge in [-0.25, -0.2) is 0 Å². The molecular weight excluding hydrogens is 187 g/mol. The Hall–Kier alpha value is 1.11. The molecule has 0 aromatic carbocycles. The SMILES string of the molecule is S=C([S-])OC1CCCCC1.[Na+]. The maximum Gasteiger partial charge on any atom is 1.00 e. The second kappa shape index (κ2) is 6.61. The molecule has 0 saturated heterocycles. The topological polar surface area (TPSA) is 9.23 Å². The van der Waals surface area contributed by atoms with Gasteiger partial charge in [-0.15, -0.1) is 0 Å². The summed E-state index contributed by atoms with van der Waals surface area (Å²) in [5.74, 6) is 0. The fraction of sp³-hybridized carbons (Fsp3) is 0.857. The summed E-state index contributed by atoms with van der Waals surface area (Å²) < 4.78 is 5.52. The molecule has 0 bridgehead atoms. The van der Waals surface area contributed by atoms with Gasteiger partial charge in [0.2, 0.25) is 0 Å². The van der Waals surface area contributed by atoms with Crippen LogP contribution >= 0.6 is 12.2 Å². The summed E-state index contributed by atoms with van der Waals surface area (Å²) in [5.41, 5.74) is 0. The summed E-state index contributed by atoms with van der Waals surface area (Å²) >= 11 is 9.34. The van der Waals surface area contributed by atoms with Gasteiger partial charge in [-0.05, 0) is 25.7 Å². The first-order valence-electron chi connectivity index (χ1n) is 3.66. The van der Waals surface area contributed by atoms with Crippen molar-refractivity contribution in [2.75, 3.05) is 0 Å². The minimum absolute atomic E-state index is 0. The summed E-state index contributed by atoms with van der Waals surface area (Å²) in [4.78, 5) is 0. The van der Waals surface area contributed by atoms with Crippen LogP contribution in [0.4, 0.5) is 0 Å². The van der Waals surface area contributed by atoms with Crippen LogP contribution in [0.25, 0.3) is 0 Å². The molecule has 1 rings (SSSR count). The van der Waals surface area contributed by atoms with Gasteiger partial charge in [0.05, 0.1) is 6.10 Å². The molecule has 1 aliphatic rings. The van der Waals surface area contributed by atoms with E-state index in [2.05, 4.69) is 24.8 Å². The Balaban J connectivity index is 0.000001000. The van der Waals surface area contributed by atoms with Gasteiger partial charge in [-0.2, -0.15) is 0 Å². The number of hydrogen-bond donors (Lipinski definition) is 0. The Bertz CT molecular complexity index is 124. The minimum atomic E-state index is 0. The molecule has 0 aromatic rings. The van der Waals surface area contributed by atoms with E-state index in [4.69, 9.17) is 4.74 Å². The standard InChI is InChI=1S/C7H12OS2.Na/c9-7(10)8-6-4-2-1-3-5-6;/h6H,1-5H2,(H,9,10);/q;+1/p-1. The zero-order valence-electron chi connectivity index (χ0n) is 6.84. The molecule has 0 aromatic heterocycles. The van der Waals surface area contributed by atoms with Gasteiger partial charge in [0.15, 0.2) is 0 Å². The summed E-state index contributed by atoms with van der Waals surface area (Å²) in [5, 5.41) is 0. The van der Waals surface area contributed by atoms with Gasteiger partial charge >= 0.3 is 29.6 Å². The van der Waals surface area contributed by atoms with Crippen molar-refractivity contribution in [2.45, 2.75) is 38.2 Å². The van der Waals surface area contributed by atoms with E-state index in [0.29, 0.717) is 6.10 Å². The molecule has 0 unspecified atom stereocenters. The minimum Gasteiger partial charge on any atom is -0.510 e. The third-order valence-corrected chi connectivity index (χ3v) is 2.01. The first-order chi connectivity index (χ1) is 4.79. The molecule has 1 fully saturated rings. The number of hydrogen-bond acceptors (Lipinski definition) is 3. The Morgan fingerprint density at radius 3 is 2.27 bits per heavy atom. The molecule has 0 aliphatic heterocycles. The third kappa shape index (κ3) is 5.36. The summed E-state index contributed by atoms with van der Waals surface area (Å²) in [6.07, 6.45) is 6.47. The number of thiocarbonyl (C=S) groups is 1. The van der Waals surface area contributed by atoms with E-state index >= 15 is 0 Å². The molecule has 0 spiro atoms. The van der Waals surface area contributed by atoms with E-state index in [1.54, 1.807) is 0 Å². The molecule has 1 aliphatic carbocycles. The van der Waals surface area contributed by atoms with Crippen molar-refractivity contribution in [3.63, 3.8) is 0 Å². The van der Waals surface area contributed by atoms with Crippen LogP contribution in [0.5, 0.6) is 0 Å². The van der Waals surface area contributed by atoms with Crippen molar-refractivity contribution in [1.82, 2.24) is 0 Å². The van der Waals surface area contributed by atoms with E-state index in [0.717, 1.165) is 12.8 Å². The van der Waals surface area contributed by atoms with Crippen molar-refractivity contribution in [2.24, 2.45) is 0 Å². The molecular formula is C7H11NaOS2. The Kier molecular flexibility index (Phi) is 7.27. The van der Waals surface area contributed by atoms with E-state index in [1.165, 1.54) is 19.3 Å². The molecule has 0 heterocycles. The van der Waals surface area contributed by atoms with E-state index < -0.39 is 0 Å². The fourth-order valence-electron chi connectivity index (χ4n) is 1.32. The van der Waals surface area contributed by atoms with Gasteiger partial charge in [0.1, 0.15) is 0 Å². The average molecular weight is 198 g/mol. The predicted octanol–water partition coefficient (Wildman–Crippen LogP) is -0.828. The van der Waals surface area contributed by atoms with Crippen molar-refractivity contribution >= 4 is 29.2 Å². The van der Waals surface area contributed by atoms with Gasteiger partial charge in [0, 0.05) is 4.38 Å². The second-order valence-corrected chi connectivity index (χ2v) is 3.63. The van der Waals surface area contributed by atoms with Crippen LogP contribution in [-0.4, -0.2) is 10.5 Å². The predicted molar refractivity (Wildman–Crippen MR) is 47.9 cm³/mol. The fourth-order valence-corrected chi connectivity index (χ4v) is 1.59. The largest absolute Gasteiger partial charge is 1.00 e. The Morgan fingerprint density at radius 1 is 1.27 bits per heavy atom. The van der Waals surface area contributed by atoms with Crippen LogP contribution in [0.3, 0.4) is 0 Å². The van der Waals surface area contributed by atoms with Crippen molar-refractivity contribution < 1.29 is 34.3 Å². The van der Waals surface area contributed by atoms with Gasteiger partial charge in [-0.3, -0.25) is 0 Å². The zero-order chi connectivity index (χ0) is 7.40. The van der Waals surface area contributed by atoms with Gasteiger partial charge in [-0.1, -0.05) is 6.42 Å². The van der Waals surface area contributed by atoms with Crippen LogP contribution < -0.4 is 29.6 Å². The quantitative estimate of drug-likeness (QED) is 0.309. The maximum absolute atomic E-state index is 5.24. The van der Waals surface area contributed by atoms with Crippen LogP contribution in [0.1, 0.15) is 32.1 Å². The Morgan fingerprint density at radius 2 is 1.82 bits per heavy atom. The normalized spacial score (nSPS) is 18.5. The molecule has 11 heavy (non-hydrogen) atoms. The smallest absolute Gasteiger partial charge is 0.510 e. The zero-order valence-corrected chi connectivity index (χ0v) is 10.5. The number of ether oxygens (including phenoxy) is 1. The average Bonchev–Trinajstić information content (AvgIpc) is 1.88. The van der Waals surface area contributed by atoms with E-state index in [1.807, 2.05) is 0 Å². The van der Waals surface area contributed by atoms with Crippen LogP contribution in [0.15, 0.2) is 0 Å². The van der Waals surface area contributed by atoms with Crippen LogP contribution in [-0.2, 0) is 17.4 Å². The summed E-state index contributed by atoms with van der Waals surface area (Å²) in [7, 11) is 0. The van der Waals surface area contributed by atoms with Gasteiger partial charge in [0.25, 0.3) is 0 Å². The van der Waals surface area contributed by atoms with Crippen LogP contribution in [0, 0.1) is 0 Å². The first kappa shape index (κ1) is 12.1. The number of rotatable bonds is 1. The summed E-state index contributed by atoms with van der Waals surface area (Å²) in [6, 6.07) is 0. The molecule has 0 amide bonds. The molecule has 0 atom stereocenters. The van der Waals surface area contributed by atoms with Crippen molar-refractivity contribution in [3.05, 3.63) is 0 Å². The molecule has 0 N–H and O–H groups in total. The van der Waals surface area contributed by atoms with E-state index in [-0.39, 0.29) is 33.9 Å². The van der Waals surface area contributed by atoms with E-state index in [9.17, 15) is 0 Å². The molecule has 4 heteroatoms. The first-order valence-corrected chi connectivity index (χ1v) is 4.48. The van der Waals surface area contributed by atoms with Crippen LogP contribution in [0.2, 0.25) is 0 Å². The third-order valence-electron chi connectivity index (χ3n) is 1.82. The van der Waals surface area contributed by atoms with Gasteiger partial charge < -0.3 is 29.6 Å². The molecule has 1 saturated carbocycles. The molecule has 1 nitrogen and oxygen atoms in total. The monoisotopic (exact) mass is 198 g/mol.